The van der Waals surface area contributed by atoms with Gasteiger partial charge in [-0.05, 0) is 36.0 Å². The maximum atomic E-state index is 14.1. The Hall–Kier alpha value is -2.12. The Morgan fingerprint density at radius 3 is 2.44 bits per heavy atom. The molecule has 9 heteroatoms. The molecule has 0 aliphatic heterocycles. The van der Waals surface area contributed by atoms with Gasteiger partial charge in [0.15, 0.2) is 0 Å². The molecule has 0 spiro atoms. The highest BCUT2D eigenvalue weighted by atomic mass is 32.2. The summed E-state index contributed by atoms with van der Waals surface area (Å²) in [6.07, 6.45) is 0.353. The van der Waals surface area contributed by atoms with Crippen molar-refractivity contribution in [2.45, 2.75) is 50.4 Å². The van der Waals surface area contributed by atoms with Crippen molar-refractivity contribution in [3.05, 3.63) is 39.8 Å². The zero-order valence-corrected chi connectivity index (χ0v) is 15.1. The standard InChI is InChI=1S/C16H19F2N3O3S/c1-5-9(4)24-16(23)14(8(2)3)25-13-6-10(15(22)20-21-19)11(17)7-12(13)18/h6-9,14H,5H2,1-4H3. The average Bonchev–Trinajstić information content (AvgIpc) is 2.53. The van der Waals surface area contributed by atoms with E-state index in [1.54, 1.807) is 20.8 Å². The van der Waals surface area contributed by atoms with Crippen molar-refractivity contribution in [1.82, 2.24) is 0 Å². The number of hydrogen-bond acceptors (Lipinski definition) is 4. The van der Waals surface area contributed by atoms with Crippen molar-refractivity contribution < 1.29 is 23.1 Å². The molecule has 0 saturated carbocycles. The summed E-state index contributed by atoms with van der Waals surface area (Å²) >= 11 is 0.839. The highest BCUT2D eigenvalue weighted by Crippen LogP contribution is 2.33. The summed E-state index contributed by atoms with van der Waals surface area (Å²) in [6.45, 7) is 7.14. The minimum absolute atomic E-state index is 0.0994. The van der Waals surface area contributed by atoms with E-state index in [1.165, 1.54) is 0 Å². The zero-order chi connectivity index (χ0) is 19.1. The van der Waals surface area contributed by atoms with Crippen molar-refractivity contribution in [3.63, 3.8) is 0 Å². The van der Waals surface area contributed by atoms with Gasteiger partial charge in [-0.2, -0.15) is 0 Å². The summed E-state index contributed by atoms with van der Waals surface area (Å²) in [5, 5.41) is 2.07. The van der Waals surface area contributed by atoms with Crippen LogP contribution in [0.3, 0.4) is 0 Å². The second-order valence-corrected chi connectivity index (χ2v) is 6.88. The van der Waals surface area contributed by atoms with Crippen LogP contribution in [0.1, 0.15) is 44.5 Å². The molecule has 1 aromatic rings. The van der Waals surface area contributed by atoms with Crippen LogP contribution >= 0.6 is 11.8 Å². The first-order valence-corrected chi connectivity index (χ1v) is 8.54. The molecule has 6 nitrogen and oxygen atoms in total. The fourth-order valence-electron chi connectivity index (χ4n) is 1.82. The van der Waals surface area contributed by atoms with E-state index in [-0.39, 0.29) is 16.9 Å². The molecular formula is C16H19F2N3O3S. The van der Waals surface area contributed by atoms with Crippen LogP contribution in [-0.4, -0.2) is 23.2 Å². The predicted molar refractivity (Wildman–Crippen MR) is 90.2 cm³/mol. The van der Waals surface area contributed by atoms with Gasteiger partial charge in [0.1, 0.15) is 16.9 Å². The number of halogens is 2. The highest BCUT2D eigenvalue weighted by molar-refractivity contribution is 8.00. The van der Waals surface area contributed by atoms with Crippen LogP contribution in [0.5, 0.6) is 0 Å². The number of carbonyl (C=O) groups excluding carboxylic acids is 2. The number of azide groups is 1. The SMILES string of the molecule is CCC(C)OC(=O)C(Sc1cc(C(=O)N=[N+]=[N-])c(F)cc1F)C(C)C. The summed E-state index contributed by atoms with van der Waals surface area (Å²) in [5.41, 5.74) is 7.73. The number of ether oxygens (including phenoxy) is 1. The van der Waals surface area contributed by atoms with E-state index < -0.39 is 34.3 Å². The lowest BCUT2D eigenvalue weighted by Gasteiger charge is -2.21. The third-order valence-electron chi connectivity index (χ3n) is 3.37. The molecule has 2 atom stereocenters. The van der Waals surface area contributed by atoms with E-state index >= 15 is 0 Å². The van der Waals surface area contributed by atoms with E-state index in [4.69, 9.17) is 10.3 Å². The molecule has 1 rings (SSSR count). The van der Waals surface area contributed by atoms with Crippen LogP contribution in [0.4, 0.5) is 8.78 Å². The smallest absolute Gasteiger partial charge is 0.319 e. The number of benzene rings is 1. The summed E-state index contributed by atoms with van der Waals surface area (Å²) < 4.78 is 33.1. The van der Waals surface area contributed by atoms with Gasteiger partial charge in [-0.25, -0.2) is 8.78 Å². The van der Waals surface area contributed by atoms with E-state index in [1.807, 2.05) is 6.92 Å². The van der Waals surface area contributed by atoms with Crippen molar-refractivity contribution in [3.8, 4) is 0 Å². The third kappa shape index (κ3) is 5.72. The lowest BCUT2D eigenvalue weighted by Crippen LogP contribution is -2.28. The molecule has 0 bridgehead atoms. The molecule has 136 valence electrons. The molecule has 0 aliphatic rings. The predicted octanol–water partition coefficient (Wildman–Crippen LogP) is 4.87. The van der Waals surface area contributed by atoms with Crippen molar-refractivity contribution in [1.29, 1.82) is 0 Å². The largest absolute Gasteiger partial charge is 0.462 e. The number of amides is 1. The maximum absolute atomic E-state index is 14.1. The Bertz CT molecular complexity index is 706. The molecule has 0 heterocycles. The molecule has 1 aromatic carbocycles. The second-order valence-electron chi connectivity index (χ2n) is 5.70. The van der Waals surface area contributed by atoms with E-state index in [0.717, 1.165) is 17.8 Å². The molecule has 0 N–H and O–H groups in total. The van der Waals surface area contributed by atoms with Crippen LogP contribution in [0.15, 0.2) is 22.1 Å². The Kier molecular flexibility index (Phi) is 7.86. The Morgan fingerprint density at radius 1 is 1.28 bits per heavy atom. The molecular weight excluding hydrogens is 352 g/mol. The van der Waals surface area contributed by atoms with Crippen LogP contribution < -0.4 is 0 Å². The quantitative estimate of drug-likeness (QED) is 0.225. The number of esters is 1. The van der Waals surface area contributed by atoms with Gasteiger partial charge in [0.05, 0.1) is 11.7 Å². The van der Waals surface area contributed by atoms with Gasteiger partial charge >= 0.3 is 5.97 Å². The van der Waals surface area contributed by atoms with E-state index in [9.17, 15) is 18.4 Å². The van der Waals surface area contributed by atoms with Crippen LogP contribution in [0.25, 0.3) is 10.4 Å². The lowest BCUT2D eigenvalue weighted by molar-refractivity contribution is -0.148. The summed E-state index contributed by atoms with van der Waals surface area (Å²) in [5.74, 6) is -3.92. The molecule has 0 radical (unpaired) electrons. The summed E-state index contributed by atoms with van der Waals surface area (Å²) in [7, 11) is 0. The topological polar surface area (TPSA) is 92.1 Å². The van der Waals surface area contributed by atoms with Crippen molar-refractivity contribution in [2.75, 3.05) is 0 Å². The number of hydrogen-bond donors (Lipinski definition) is 0. The van der Waals surface area contributed by atoms with Gasteiger partial charge in [0.2, 0.25) is 0 Å². The third-order valence-corrected chi connectivity index (χ3v) is 4.93. The molecule has 1 amide bonds. The molecule has 0 aromatic heterocycles. The number of carbonyl (C=O) groups is 2. The Labute approximate surface area is 148 Å². The van der Waals surface area contributed by atoms with E-state index in [0.29, 0.717) is 12.5 Å². The molecule has 0 fully saturated rings. The Morgan fingerprint density at radius 2 is 1.92 bits per heavy atom. The second kappa shape index (κ2) is 9.39. The maximum Gasteiger partial charge on any atom is 0.319 e. The lowest BCUT2D eigenvalue weighted by atomic mass is 10.1. The van der Waals surface area contributed by atoms with Gasteiger partial charge in [-0.3, -0.25) is 9.59 Å². The fourth-order valence-corrected chi connectivity index (χ4v) is 2.87. The normalized spacial score (nSPS) is 13.1. The van der Waals surface area contributed by atoms with Crippen molar-refractivity contribution in [2.24, 2.45) is 11.0 Å². The molecule has 25 heavy (non-hydrogen) atoms. The van der Waals surface area contributed by atoms with Crippen LogP contribution in [0.2, 0.25) is 0 Å². The van der Waals surface area contributed by atoms with Gasteiger partial charge < -0.3 is 4.74 Å². The monoisotopic (exact) mass is 371 g/mol. The summed E-state index contributed by atoms with van der Waals surface area (Å²) in [6, 6.07) is 1.47. The first-order chi connectivity index (χ1) is 11.7. The van der Waals surface area contributed by atoms with Gasteiger partial charge in [0, 0.05) is 15.9 Å². The fraction of sp³-hybridized carbons (Fsp3) is 0.500. The Balaban J connectivity index is 3.16. The minimum Gasteiger partial charge on any atom is -0.462 e. The van der Waals surface area contributed by atoms with Crippen molar-refractivity contribution >= 4 is 23.6 Å². The first-order valence-electron chi connectivity index (χ1n) is 7.66. The van der Waals surface area contributed by atoms with E-state index in [2.05, 4.69) is 10.0 Å². The van der Waals surface area contributed by atoms with Gasteiger partial charge in [-0.1, -0.05) is 20.8 Å². The zero-order valence-electron chi connectivity index (χ0n) is 14.3. The number of rotatable bonds is 7. The molecule has 2 unspecified atom stereocenters. The van der Waals surface area contributed by atoms with Crippen LogP contribution in [0, 0.1) is 17.6 Å². The average molecular weight is 371 g/mol. The number of thioether (sulfide) groups is 1. The highest BCUT2D eigenvalue weighted by Gasteiger charge is 2.28. The summed E-state index contributed by atoms with van der Waals surface area (Å²) in [4.78, 5) is 26.1. The van der Waals surface area contributed by atoms with Crippen LogP contribution in [-0.2, 0) is 9.53 Å². The van der Waals surface area contributed by atoms with Gasteiger partial charge in [-0.15, -0.1) is 11.8 Å². The molecule has 0 saturated heterocycles. The first kappa shape index (κ1) is 20.9. The molecule has 0 aliphatic carbocycles. The minimum atomic E-state index is -1.16. The van der Waals surface area contributed by atoms with Gasteiger partial charge in [0.25, 0.3) is 5.91 Å². The number of nitrogens with zero attached hydrogens (tertiary/aromatic N) is 3.